The van der Waals surface area contributed by atoms with E-state index in [-0.39, 0.29) is 23.5 Å². The Morgan fingerprint density at radius 2 is 1.88 bits per heavy atom. The van der Waals surface area contributed by atoms with Crippen molar-refractivity contribution in [1.82, 2.24) is 4.90 Å². The van der Waals surface area contributed by atoms with Crippen LogP contribution in [0.4, 0.5) is 15.8 Å². The molecule has 0 aliphatic carbocycles. The zero-order chi connectivity index (χ0) is 23.1. The van der Waals surface area contributed by atoms with Gasteiger partial charge in [0.25, 0.3) is 0 Å². The molecule has 4 aliphatic rings. The summed E-state index contributed by atoms with van der Waals surface area (Å²) in [5.74, 6) is -2.61. The number of rotatable bonds is 3. The third kappa shape index (κ3) is 2.35. The Bertz CT molecular complexity index is 1230. The zero-order valence-electron chi connectivity index (χ0n) is 18.1. The van der Waals surface area contributed by atoms with Gasteiger partial charge in [0.05, 0.1) is 31.7 Å². The van der Waals surface area contributed by atoms with Gasteiger partial charge >= 0.3 is 0 Å². The fraction of sp³-hybridized carbons (Fsp3) is 0.375. The molecule has 0 unspecified atom stereocenters. The number of fused-ring (bicyclic) bond motifs is 7. The van der Waals surface area contributed by atoms with Crippen LogP contribution in [-0.4, -0.2) is 49.4 Å². The predicted molar refractivity (Wildman–Crippen MR) is 115 cm³/mol. The summed E-state index contributed by atoms with van der Waals surface area (Å²) >= 11 is 0. The molecule has 4 atom stereocenters. The van der Waals surface area contributed by atoms with E-state index in [1.807, 2.05) is 4.90 Å². The molecule has 2 aromatic carbocycles. The Morgan fingerprint density at radius 3 is 2.64 bits per heavy atom. The van der Waals surface area contributed by atoms with Gasteiger partial charge in [-0.25, -0.2) is 9.29 Å². The maximum atomic E-state index is 14.4. The van der Waals surface area contributed by atoms with Crippen molar-refractivity contribution in [2.24, 2.45) is 11.8 Å². The SMILES string of the molecule is COc1ccc(OC)c(N2C(=O)[C@@H]3[C@@H](C2=O)[C@]2(C(=O)Nc4ccc(F)cc42)N2CCC[C@@H]32)c1. The van der Waals surface area contributed by atoms with E-state index in [9.17, 15) is 18.8 Å². The van der Waals surface area contributed by atoms with Crippen molar-refractivity contribution in [3.8, 4) is 11.5 Å². The molecular formula is C24H22FN3O5. The van der Waals surface area contributed by atoms with E-state index < -0.39 is 29.1 Å². The van der Waals surface area contributed by atoms with Crippen LogP contribution in [0.2, 0.25) is 0 Å². The van der Waals surface area contributed by atoms with Crippen LogP contribution < -0.4 is 19.7 Å². The Balaban J connectivity index is 1.56. The van der Waals surface area contributed by atoms with Crippen LogP contribution in [0.1, 0.15) is 18.4 Å². The largest absolute Gasteiger partial charge is 0.497 e. The smallest absolute Gasteiger partial charge is 0.250 e. The van der Waals surface area contributed by atoms with Crippen molar-refractivity contribution in [2.45, 2.75) is 24.4 Å². The molecule has 1 spiro atoms. The number of hydrogen-bond acceptors (Lipinski definition) is 6. The Labute approximate surface area is 189 Å². The second kappa shape index (κ2) is 6.77. The van der Waals surface area contributed by atoms with Gasteiger partial charge in [0, 0.05) is 23.4 Å². The summed E-state index contributed by atoms with van der Waals surface area (Å²) in [5, 5.41) is 2.84. The normalized spacial score (nSPS) is 30.0. The van der Waals surface area contributed by atoms with Crippen molar-refractivity contribution in [3.63, 3.8) is 0 Å². The molecule has 0 saturated carbocycles. The zero-order valence-corrected chi connectivity index (χ0v) is 18.1. The minimum atomic E-state index is -1.42. The third-order valence-corrected chi connectivity index (χ3v) is 7.58. The van der Waals surface area contributed by atoms with Crippen molar-refractivity contribution in [1.29, 1.82) is 0 Å². The summed E-state index contributed by atoms with van der Waals surface area (Å²) in [6.07, 6.45) is 1.47. The lowest BCUT2D eigenvalue weighted by Gasteiger charge is -2.36. The highest BCUT2D eigenvalue weighted by molar-refractivity contribution is 6.26. The van der Waals surface area contributed by atoms with Gasteiger partial charge in [0.2, 0.25) is 17.7 Å². The van der Waals surface area contributed by atoms with E-state index >= 15 is 0 Å². The monoisotopic (exact) mass is 451 g/mol. The molecule has 4 aliphatic heterocycles. The first-order chi connectivity index (χ1) is 15.9. The molecule has 3 amide bonds. The number of benzene rings is 2. The molecule has 3 saturated heterocycles. The number of carbonyl (C=O) groups excluding carboxylic acids is 3. The van der Waals surface area contributed by atoms with Gasteiger partial charge in [0.1, 0.15) is 22.9 Å². The summed E-state index contributed by atoms with van der Waals surface area (Å²) in [6, 6.07) is 8.72. The van der Waals surface area contributed by atoms with Crippen LogP contribution in [-0.2, 0) is 19.9 Å². The van der Waals surface area contributed by atoms with Crippen molar-refractivity contribution < 1.29 is 28.2 Å². The third-order valence-electron chi connectivity index (χ3n) is 7.58. The molecule has 33 heavy (non-hydrogen) atoms. The second-order valence-corrected chi connectivity index (χ2v) is 8.87. The lowest BCUT2D eigenvalue weighted by Crippen LogP contribution is -2.54. The Kier molecular flexibility index (Phi) is 4.14. The molecule has 6 rings (SSSR count). The topological polar surface area (TPSA) is 88.2 Å². The van der Waals surface area contributed by atoms with Gasteiger partial charge < -0.3 is 14.8 Å². The van der Waals surface area contributed by atoms with Gasteiger partial charge in [-0.05, 0) is 49.7 Å². The van der Waals surface area contributed by atoms with E-state index in [4.69, 9.17) is 9.47 Å². The molecule has 2 aromatic rings. The number of halogens is 1. The van der Waals surface area contributed by atoms with E-state index in [1.54, 1.807) is 18.2 Å². The predicted octanol–water partition coefficient (Wildman–Crippen LogP) is 2.27. The summed E-state index contributed by atoms with van der Waals surface area (Å²) < 4.78 is 25.1. The molecule has 0 bridgehead atoms. The highest BCUT2D eigenvalue weighted by Crippen LogP contribution is 2.61. The number of nitrogens with one attached hydrogen (secondary N) is 1. The summed E-state index contributed by atoms with van der Waals surface area (Å²) in [5.41, 5.74) is -0.242. The van der Waals surface area contributed by atoms with Crippen LogP contribution in [0.5, 0.6) is 11.5 Å². The van der Waals surface area contributed by atoms with Crippen LogP contribution in [0, 0.1) is 17.7 Å². The molecule has 4 heterocycles. The molecule has 170 valence electrons. The number of imide groups is 1. The second-order valence-electron chi connectivity index (χ2n) is 8.87. The Morgan fingerprint density at radius 1 is 1.06 bits per heavy atom. The van der Waals surface area contributed by atoms with Crippen LogP contribution >= 0.6 is 0 Å². The van der Waals surface area contributed by atoms with Gasteiger partial charge in [-0.3, -0.25) is 19.3 Å². The van der Waals surface area contributed by atoms with Gasteiger partial charge in [0.15, 0.2) is 0 Å². The maximum Gasteiger partial charge on any atom is 0.250 e. The maximum absolute atomic E-state index is 14.4. The summed E-state index contributed by atoms with van der Waals surface area (Å²) in [7, 11) is 2.95. The fourth-order valence-electron chi connectivity index (χ4n) is 6.38. The molecular weight excluding hydrogens is 429 g/mol. The van der Waals surface area contributed by atoms with Gasteiger partial charge in [-0.15, -0.1) is 0 Å². The van der Waals surface area contributed by atoms with Crippen molar-refractivity contribution in [2.75, 3.05) is 31.0 Å². The number of amides is 3. The van der Waals surface area contributed by atoms with Gasteiger partial charge in [-0.2, -0.15) is 0 Å². The fourth-order valence-corrected chi connectivity index (χ4v) is 6.38. The number of hydrogen-bond donors (Lipinski definition) is 1. The Hall–Kier alpha value is -3.46. The average molecular weight is 451 g/mol. The first-order valence-electron chi connectivity index (χ1n) is 10.9. The summed E-state index contributed by atoms with van der Waals surface area (Å²) in [6.45, 7) is 0.560. The molecule has 9 heteroatoms. The van der Waals surface area contributed by atoms with E-state index in [0.29, 0.717) is 35.7 Å². The standard InChI is InChI=1S/C24H22FN3O5/c1-32-13-6-8-18(33-2)17(11-13)28-21(29)19-16-4-3-9-27(16)24(20(19)22(28)30)14-10-12(25)5-7-15(14)26-23(24)31/h5-8,10-11,16,19-20H,3-4,9H2,1-2H3,(H,26,31)/t16-,19-,20-,24+/m0/s1. The van der Waals surface area contributed by atoms with E-state index in [2.05, 4.69) is 5.32 Å². The number of anilines is 2. The number of nitrogens with zero attached hydrogens (tertiary/aromatic N) is 2. The number of ether oxygens (including phenoxy) is 2. The highest BCUT2D eigenvalue weighted by atomic mass is 19.1. The van der Waals surface area contributed by atoms with E-state index in [0.717, 1.165) is 11.3 Å². The molecule has 0 radical (unpaired) electrons. The van der Waals surface area contributed by atoms with Crippen molar-refractivity contribution in [3.05, 3.63) is 47.8 Å². The van der Waals surface area contributed by atoms with Crippen LogP contribution in [0.3, 0.4) is 0 Å². The average Bonchev–Trinajstić information content (AvgIpc) is 3.52. The minimum Gasteiger partial charge on any atom is -0.497 e. The quantitative estimate of drug-likeness (QED) is 0.721. The molecule has 0 aromatic heterocycles. The molecule has 8 nitrogen and oxygen atoms in total. The van der Waals surface area contributed by atoms with Gasteiger partial charge in [-0.1, -0.05) is 0 Å². The van der Waals surface area contributed by atoms with Crippen molar-refractivity contribution >= 4 is 29.1 Å². The summed E-state index contributed by atoms with van der Waals surface area (Å²) in [4.78, 5) is 44.5. The number of methoxy groups -OCH3 is 2. The van der Waals surface area contributed by atoms with E-state index in [1.165, 1.54) is 32.4 Å². The highest BCUT2D eigenvalue weighted by Gasteiger charge is 2.74. The first-order valence-corrected chi connectivity index (χ1v) is 10.9. The van der Waals surface area contributed by atoms with Crippen LogP contribution in [0.15, 0.2) is 36.4 Å². The lowest BCUT2D eigenvalue weighted by molar-refractivity contribution is -0.135. The lowest BCUT2D eigenvalue weighted by atomic mass is 9.75. The number of carbonyl (C=O) groups is 3. The van der Waals surface area contributed by atoms with Crippen LogP contribution in [0.25, 0.3) is 0 Å². The molecule has 1 N–H and O–H groups in total. The first kappa shape index (κ1) is 20.2. The molecule has 3 fully saturated rings. The minimum absolute atomic E-state index is 0.277.